The van der Waals surface area contributed by atoms with Crippen LogP contribution in [0.1, 0.15) is 41.6 Å². The van der Waals surface area contributed by atoms with E-state index in [2.05, 4.69) is 6.07 Å². The predicted molar refractivity (Wildman–Crippen MR) is 130 cm³/mol. The summed E-state index contributed by atoms with van der Waals surface area (Å²) in [7, 11) is -3.72. The van der Waals surface area contributed by atoms with Crippen LogP contribution in [0.5, 0.6) is 0 Å². The highest BCUT2D eigenvalue weighted by molar-refractivity contribution is 7.91. The first-order valence-corrected chi connectivity index (χ1v) is 13.6. The Morgan fingerprint density at radius 2 is 2.00 bits per heavy atom. The van der Waals surface area contributed by atoms with Gasteiger partial charge < -0.3 is 4.90 Å². The highest BCUT2D eigenvalue weighted by atomic mass is 32.2. The van der Waals surface area contributed by atoms with Gasteiger partial charge in [0.25, 0.3) is 15.9 Å². The summed E-state index contributed by atoms with van der Waals surface area (Å²) in [4.78, 5) is 28.0. The second kappa shape index (κ2) is 8.95. The number of thiophene rings is 1. The first-order valence-electron chi connectivity index (χ1n) is 11.2. The van der Waals surface area contributed by atoms with E-state index in [-0.39, 0.29) is 28.7 Å². The van der Waals surface area contributed by atoms with E-state index in [1.165, 1.54) is 4.31 Å². The van der Waals surface area contributed by atoms with Crippen LogP contribution in [0, 0.1) is 11.3 Å². The minimum Gasteiger partial charge on any atom is -0.307 e. The van der Waals surface area contributed by atoms with E-state index in [0.717, 1.165) is 46.2 Å². The maximum Gasteiger partial charge on any atom is 0.259 e. The molecule has 0 radical (unpaired) electrons. The Hall–Kier alpha value is -3.06. The molecule has 2 aliphatic heterocycles. The number of nitriles is 1. The molecular weight excluding hydrogens is 470 g/mol. The van der Waals surface area contributed by atoms with E-state index in [1.807, 2.05) is 18.2 Å². The maximum absolute atomic E-state index is 13.5. The number of hydrogen-bond donors (Lipinski definition) is 0. The third-order valence-electron chi connectivity index (χ3n) is 6.57. The Morgan fingerprint density at radius 1 is 1.15 bits per heavy atom. The van der Waals surface area contributed by atoms with Crippen molar-refractivity contribution in [1.82, 2.24) is 4.31 Å². The number of carbonyl (C=O) groups excluding carboxylic acids is 2. The van der Waals surface area contributed by atoms with Crippen molar-refractivity contribution in [1.29, 1.82) is 5.26 Å². The third-order valence-corrected chi connectivity index (χ3v) is 9.85. The number of nitrogens with zero attached hydrogens (tertiary/aromatic N) is 3. The Morgan fingerprint density at radius 3 is 2.76 bits per heavy atom. The molecule has 0 saturated carbocycles. The molecule has 1 fully saturated rings. The van der Waals surface area contributed by atoms with Crippen LogP contribution in [0.3, 0.4) is 0 Å². The van der Waals surface area contributed by atoms with E-state index >= 15 is 0 Å². The molecule has 3 aromatic rings. The van der Waals surface area contributed by atoms with Crippen LogP contribution in [0.15, 0.2) is 52.1 Å². The van der Waals surface area contributed by atoms with Crippen molar-refractivity contribution in [3.8, 4) is 6.07 Å². The number of piperidine rings is 1. The zero-order valence-electron chi connectivity index (χ0n) is 18.4. The fourth-order valence-corrected chi connectivity index (χ4v) is 7.79. The number of anilines is 1. The van der Waals surface area contributed by atoms with Gasteiger partial charge in [-0.15, -0.1) is 11.3 Å². The van der Waals surface area contributed by atoms with E-state index in [1.54, 1.807) is 34.5 Å². The van der Waals surface area contributed by atoms with Crippen molar-refractivity contribution in [2.75, 3.05) is 18.0 Å². The van der Waals surface area contributed by atoms with Crippen LogP contribution in [-0.2, 0) is 21.2 Å². The molecule has 0 N–H and O–H groups in total. The number of hydrogen-bond acceptors (Lipinski definition) is 6. The minimum atomic E-state index is -3.72. The molecule has 0 spiro atoms. The maximum atomic E-state index is 13.5. The fraction of sp³-hybridized carbons (Fsp3) is 0.320. The first-order chi connectivity index (χ1) is 16.4. The van der Waals surface area contributed by atoms with Crippen LogP contribution in [-0.4, -0.2) is 43.5 Å². The molecule has 2 aliphatic rings. The van der Waals surface area contributed by atoms with Gasteiger partial charge in [0.1, 0.15) is 4.21 Å². The van der Waals surface area contributed by atoms with Crippen molar-refractivity contribution < 1.29 is 18.0 Å². The van der Waals surface area contributed by atoms with Crippen LogP contribution in [0.25, 0.3) is 10.8 Å². The van der Waals surface area contributed by atoms with Gasteiger partial charge in [-0.05, 0) is 47.4 Å². The zero-order valence-corrected chi connectivity index (χ0v) is 20.1. The lowest BCUT2D eigenvalue weighted by molar-refractivity contribution is -0.122. The second-order valence-corrected chi connectivity index (χ2v) is 11.6. The molecule has 2 aromatic carbocycles. The van der Waals surface area contributed by atoms with Crippen LogP contribution < -0.4 is 4.90 Å². The molecule has 1 amide bonds. The summed E-state index contributed by atoms with van der Waals surface area (Å²) in [6.07, 6.45) is 2.37. The molecule has 3 heterocycles. The van der Waals surface area contributed by atoms with Crippen molar-refractivity contribution >= 4 is 49.5 Å². The normalized spacial score (nSPS) is 18.4. The monoisotopic (exact) mass is 493 g/mol. The van der Waals surface area contributed by atoms with Gasteiger partial charge in [0.15, 0.2) is 5.78 Å². The molecule has 0 bridgehead atoms. The molecule has 9 heteroatoms. The molecule has 5 rings (SSSR count). The second-order valence-electron chi connectivity index (χ2n) is 8.54. The summed E-state index contributed by atoms with van der Waals surface area (Å²) in [6.45, 7) is 0.651. The minimum absolute atomic E-state index is 0.0910. The Balaban J connectivity index is 1.47. The Kier molecular flexibility index (Phi) is 5.98. The van der Waals surface area contributed by atoms with E-state index in [9.17, 15) is 18.0 Å². The number of amides is 1. The van der Waals surface area contributed by atoms with Crippen LogP contribution >= 0.6 is 11.3 Å². The number of carbonyl (C=O) groups is 2. The number of benzene rings is 2. The molecular formula is C25H23N3O4S2. The standard InChI is InChI=1S/C25H23N3O4S2/c26-12-5-13-27-21-11-10-17(18-6-3-7-19(24(18)21)25(27)30)16-22(29)20-8-1-2-14-28(20)34(31,32)23-9-4-15-33-23/h3-4,6-7,9-11,15,20H,1-2,5,8,13-14,16H2. The summed E-state index contributed by atoms with van der Waals surface area (Å²) in [5.74, 6) is -0.272. The number of Topliss-reactive ketones (excluding diaryl/α,β-unsaturated/α-hetero) is 1. The number of sulfonamides is 1. The summed E-state index contributed by atoms with van der Waals surface area (Å²) < 4.78 is 28.0. The van der Waals surface area contributed by atoms with E-state index < -0.39 is 16.1 Å². The molecule has 174 valence electrons. The van der Waals surface area contributed by atoms with Crippen molar-refractivity contribution in [2.24, 2.45) is 0 Å². The Bertz CT molecular complexity index is 1420. The van der Waals surface area contributed by atoms with Crippen LogP contribution in [0.4, 0.5) is 5.69 Å². The van der Waals surface area contributed by atoms with E-state index in [4.69, 9.17) is 5.26 Å². The predicted octanol–water partition coefficient (Wildman–Crippen LogP) is 4.13. The molecule has 7 nitrogen and oxygen atoms in total. The first kappa shape index (κ1) is 22.7. The molecule has 1 atom stereocenters. The average molecular weight is 494 g/mol. The molecule has 0 aliphatic carbocycles. The lowest BCUT2D eigenvalue weighted by Gasteiger charge is -2.33. The summed E-state index contributed by atoms with van der Waals surface area (Å²) in [5, 5.41) is 12.3. The van der Waals surface area contributed by atoms with Gasteiger partial charge in [0.2, 0.25) is 0 Å². The highest BCUT2D eigenvalue weighted by Crippen LogP contribution is 2.39. The number of ketones is 1. The smallest absolute Gasteiger partial charge is 0.259 e. The van der Waals surface area contributed by atoms with Gasteiger partial charge in [-0.25, -0.2) is 8.42 Å². The summed E-state index contributed by atoms with van der Waals surface area (Å²) in [6, 6.07) is 13.8. The van der Waals surface area contributed by atoms with Crippen molar-refractivity contribution in [3.63, 3.8) is 0 Å². The summed E-state index contributed by atoms with van der Waals surface area (Å²) in [5.41, 5.74) is 2.10. The van der Waals surface area contributed by atoms with Gasteiger partial charge in [-0.1, -0.05) is 30.7 Å². The van der Waals surface area contributed by atoms with Crippen molar-refractivity contribution in [2.45, 2.75) is 42.4 Å². The van der Waals surface area contributed by atoms with Gasteiger partial charge in [0.05, 0.1) is 24.2 Å². The molecule has 1 saturated heterocycles. The zero-order chi connectivity index (χ0) is 23.9. The van der Waals surface area contributed by atoms with Crippen LogP contribution in [0.2, 0.25) is 0 Å². The molecule has 1 unspecified atom stereocenters. The van der Waals surface area contributed by atoms with Gasteiger partial charge >= 0.3 is 0 Å². The molecule has 1 aromatic heterocycles. The molecule has 34 heavy (non-hydrogen) atoms. The van der Waals surface area contributed by atoms with E-state index in [0.29, 0.717) is 25.1 Å². The third kappa shape index (κ3) is 3.72. The summed E-state index contributed by atoms with van der Waals surface area (Å²) >= 11 is 1.16. The highest BCUT2D eigenvalue weighted by Gasteiger charge is 2.38. The van der Waals surface area contributed by atoms with Gasteiger partial charge in [0, 0.05) is 30.5 Å². The lowest BCUT2D eigenvalue weighted by Crippen LogP contribution is -2.48. The quantitative estimate of drug-likeness (QED) is 0.493. The number of rotatable bonds is 7. The topological polar surface area (TPSA) is 98.5 Å². The van der Waals surface area contributed by atoms with Gasteiger partial charge in [-0.2, -0.15) is 9.57 Å². The SMILES string of the molecule is N#CCCN1C(=O)c2cccc3c(CC(=O)C4CCCCN4S(=O)(=O)c4cccs4)ccc1c23. The average Bonchev–Trinajstić information content (AvgIpc) is 3.48. The largest absolute Gasteiger partial charge is 0.307 e. The Labute approximate surface area is 202 Å². The lowest BCUT2D eigenvalue weighted by atomic mass is 9.93. The fourth-order valence-electron chi connectivity index (χ4n) is 4.99. The van der Waals surface area contributed by atoms with Crippen molar-refractivity contribution in [3.05, 3.63) is 59.0 Å². The van der Waals surface area contributed by atoms with Gasteiger partial charge in [-0.3, -0.25) is 9.59 Å².